The summed E-state index contributed by atoms with van der Waals surface area (Å²) in [5, 5.41) is 70.5. The first-order chi connectivity index (χ1) is 18.6. The molecular formula is C26H30O13. The summed E-state index contributed by atoms with van der Waals surface area (Å²) in [7, 11) is 0. The first-order valence-corrected chi connectivity index (χ1v) is 12.3. The van der Waals surface area contributed by atoms with Gasteiger partial charge in [-0.2, -0.15) is 0 Å². The van der Waals surface area contributed by atoms with Gasteiger partial charge in [-0.3, -0.25) is 0 Å². The lowest BCUT2D eigenvalue weighted by Crippen LogP contribution is -2.60. The van der Waals surface area contributed by atoms with Crippen molar-refractivity contribution in [3.63, 3.8) is 0 Å². The number of fused-ring (bicyclic) bond motifs is 1. The lowest BCUT2D eigenvalue weighted by atomic mass is 9.94. The fraction of sp³-hybridized carbons (Fsp3) is 0.500. The van der Waals surface area contributed by atoms with Gasteiger partial charge in [-0.25, -0.2) is 4.79 Å². The van der Waals surface area contributed by atoms with Gasteiger partial charge in [0, 0.05) is 6.42 Å². The molecule has 0 radical (unpaired) electrons. The summed E-state index contributed by atoms with van der Waals surface area (Å²) in [6.07, 6.45) is -10.6. The number of esters is 1. The van der Waals surface area contributed by atoms with E-state index in [1.54, 1.807) is 36.4 Å². The Morgan fingerprint density at radius 1 is 0.974 bits per heavy atom. The zero-order chi connectivity index (χ0) is 27.9. The summed E-state index contributed by atoms with van der Waals surface area (Å²) in [4.78, 5) is 12.4. The number of aliphatic hydroxyl groups is 6. The molecule has 0 aliphatic carbocycles. The first-order valence-electron chi connectivity index (χ1n) is 12.3. The minimum absolute atomic E-state index is 0.139. The lowest BCUT2D eigenvalue weighted by molar-refractivity contribution is -0.289. The van der Waals surface area contributed by atoms with E-state index in [1.165, 1.54) is 6.07 Å². The maximum atomic E-state index is 12.4. The van der Waals surface area contributed by atoms with E-state index in [2.05, 4.69) is 0 Å². The predicted molar refractivity (Wildman–Crippen MR) is 127 cm³/mol. The van der Waals surface area contributed by atoms with E-state index in [-0.39, 0.29) is 23.7 Å². The normalized spacial score (nSPS) is 36.3. The number of phenolic OH excluding ortho intramolecular Hbond substituents is 1. The van der Waals surface area contributed by atoms with Crippen molar-refractivity contribution in [2.45, 2.75) is 61.2 Å². The third-order valence-corrected chi connectivity index (χ3v) is 7.16. The highest BCUT2D eigenvalue weighted by molar-refractivity contribution is 5.95. The minimum atomic E-state index is -1.90. The molecule has 2 aromatic carbocycles. The standard InChI is InChI=1S/C26H30O13/c27-10-26(34)11-36-25(22(26)32)35-9-17-19(29)20(30)21(31)24(39-17)37-14-6-4-12(5-7-14)16-8-13-2-1-3-15(28)18(13)23(33)38-16/h1-7,16-17,19-22,24-25,27-32,34H,8-11H2/t16-,17+,19+,20-,21+,22-,24+,25+,26+/m0/s1. The lowest BCUT2D eigenvalue weighted by Gasteiger charge is -2.40. The third kappa shape index (κ3) is 5.33. The molecule has 0 bridgehead atoms. The molecule has 2 aromatic rings. The van der Waals surface area contributed by atoms with Crippen LogP contribution in [-0.2, 0) is 25.4 Å². The van der Waals surface area contributed by atoms with Crippen LogP contribution in [0.3, 0.4) is 0 Å². The topological polar surface area (TPSA) is 205 Å². The molecule has 0 spiro atoms. The number of phenols is 1. The molecule has 2 fully saturated rings. The third-order valence-electron chi connectivity index (χ3n) is 7.16. The maximum absolute atomic E-state index is 12.4. The number of benzene rings is 2. The summed E-state index contributed by atoms with van der Waals surface area (Å²) in [5.41, 5.74) is -0.428. The van der Waals surface area contributed by atoms with E-state index >= 15 is 0 Å². The van der Waals surface area contributed by atoms with Crippen LogP contribution in [0.2, 0.25) is 0 Å². The van der Waals surface area contributed by atoms with Crippen molar-refractivity contribution in [2.75, 3.05) is 19.8 Å². The van der Waals surface area contributed by atoms with Crippen molar-refractivity contribution < 1.29 is 64.2 Å². The van der Waals surface area contributed by atoms with Gasteiger partial charge in [0.25, 0.3) is 0 Å². The molecule has 3 aliphatic heterocycles. The number of aliphatic hydroxyl groups excluding tert-OH is 5. The Kier molecular flexibility index (Phi) is 7.79. The van der Waals surface area contributed by atoms with Crippen molar-refractivity contribution in [2.24, 2.45) is 0 Å². The highest BCUT2D eigenvalue weighted by atomic mass is 16.7. The molecule has 7 N–H and O–H groups in total. The summed E-state index contributed by atoms with van der Waals surface area (Å²) in [5.74, 6) is -0.523. The Morgan fingerprint density at radius 2 is 1.72 bits per heavy atom. The van der Waals surface area contributed by atoms with Gasteiger partial charge < -0.3 is 59.4 Å². The second-order valence-corrected chi connectivity index (χ2v) is 9.83. The number of aromatic hydroxyl groups is 1. The van der Waals surface area contributed by atoms with Crippen LogP contribution >= 0.6 is 0 Å². The van der Waals surface area contributed by atoms with Gasteiger partial charge in [-0.15, -0.1) is 0 Å². The van der Waals surface area contributed by atoms with Crippen LogP contribution < -0.4 is 4.74 Å². The van der Waals surface area contributed by atoms with Crippen LogP contribution in [0.4, 0.5) is 0 Å². The zero-order valence-corrected chi connectivity index (χ0v) is 20.6. The molecule has 5 rings (SSSR count). The number of ether oxygens (including phenoxy) is 5. The Labute approximate surface area is 222 Å². The molecule has 0 saturated carbocycles. The second kappa shape index (κ2) is 11.0. The number of carbonyl (C=O) groups excluding carboxylic acids is 1. The molecular weight excluding hydrogens is 520 g/mol. The molecule has 9 atom stereocenters. The van der Waals surface area contributed by atoms with Gasteiger partial charge in [-0.1, -0.05) is 24.3 Å². The number of rotatable bonds is 7. The predicted octanol–water partition coefficient (Wildman–Crippen LogP) is -1.51. The van der Waals surface area contributed by atoms with Gasteiger partial charge in [-0.05, 0) is 29.3 Å². The van der Waals surface area contributed by atoms with E-state index in [4.69, 9.17) is 23.7 Å². The van der Waals surface area contributed by atoms with Crippen molar-refractivity contribution >= 4 is 5.97 Å². The first kappa shape index (κ1) is 27.7. The quantitative estimate of drug-likeness (QED) is 0.196. The summed E-state index contributed by atoms with van der Waals surface area (Å²) in [6.45, 7) is -1.53. The average molecular weight is 551 g/mol. The van der Waals surface area contributed by atoms with Gasteiger partial charge in [0.2, 0.25) is 6.29 Å². The molecule has 0 unspecified atom stereocenters. The molecule has 39 heavy (non-hydrogen) atoms. The summed E-state index contributed by atoms with van der Waals surface area (Å²) in [6, 6.07) is 11.2. The van der Waals surface area contributed by atoms with Crippen LogP contribution in [0.25, 0.3) is 0 Å². The summed E-state index contributed by atoms with van der Waals surface area (Å²) >= 11 is 0. The molecule has 3 heterocycles. The molecule has 3 aliphatic rings. The Balaban J connectivity index is 1.21. The van der Waals surface area contributed by atoms with E-state index in [9.17, 15) is 40.5 Å². The smallest absolute Gasteiger partial charge is 0.342 e. The number of carbonyl (C=O) groups is 1. The van der Waals surface area contributed by atoms with Gasteiger partial charge >= 0.3 is 5.97 Å². The van der Waals surface area contributed by atoms with Gasteiger partial charge in [0.05, 0.1) is 19.8 Å². The molecule has 212 valence electrons. The summed E-state index contributed by atoms with van der Waals surface area (Å²) < 4.78 is 27.4. The van der Waals surface area contributed by atoms with Crippen LogP contribution in [0.15, 0.2) is 42.5 Å². The second-order valence-electron chi connectivity index (χ2n) is 9.83. The highest BCUT2D eigenvalue weighted by Crippen LogP contribution is 2.35. The number of hydrogen-bond donors (Lipinski definition) is 7. The highest BCUT2D eigenvalue weighted by Gasteiger charge is 2.50. The number of hydrogen-bond acceptors (Lipinski definition) is 13. The van der Waals surface area contributed by atoms with Crippen LogP contribution in [0.5, 0.6) is 11.5 Å². The van der Waals surface area contributed by atoms with Crippen LogP contribution in [0, 0.1) is 0 Å². The molecule has 13 heteroatoms. The fourth-order valence-electron chi connectivity index (χ4n) is 4.78. The van der Waals surface area contributed by atoms with E-state index < -0.39 is 74.0 Å². The van der Waals surface area contributed by atoms with E-state index in [0.29, 0.717) is 17.5 Å². The monoisotopic (exact) mass is 550 g/mol. The maximum Gasteiger partial charge on any atom is 0.342 e. The van der Waals surface area contributed by atoms with Crippen molar-refractivity contribution in [3.05, 3.63) is 59.2 Å². The van der Waals surface area contributed by atoms with Crippen LogP contribution in [0.1, 0.15) is 27.6 Å². The Morgan fingerprint density at radius 3 is 2.41 bits per heavy atom. The largest absolute Gasteiger partial charge is 0.507 e. The Bertz CT molecular complexity index is 1170. The van der Waals surface area contributed by atoms with E-state index in [0.717, 1.165) is 0 Å². The number of cyclic esters (lactones) is 1. The molecule has 13 nitrogen and oxygen atoms in total. The molecule has 2 saturated heterocycles. The average Bonchev–Trinajstić information content (AvgIpc) is 3.22. The van der Waals surface area contributed by atoms with Crippen molar-refractivity contribution in [3.8, 4) is 11.5 Å². The Hall–Kier alpha value is -2.85. The minimum Gasteiger partial charge on any atom is -0.507 e. The van der Waals surface area contributed by atoms with E-state index in [1.807, 2.05) is 0 Å². The molecule has 0 aromatic heterocycles. The fourth-order valence-corrected chi connectivity index (χ4v) is 4.78. The van der Waals surface area contributed by atoms with Crippen LogP contribution in [-0.4, -0.2) is 110 Å². The van der Waals surface area contributed by atoms with Crippen molar-refractivity contribution in [1.29, 1.82) is 0 Å². The SMILES string of the molecule is O=C1O[C@H](c2ccc(O[C@@H]3O[C@H](CO[C@@H]4OC[C@](O)(CO)[C@H]4O)[C@@H](O)[C@H](O)[C@H]3O)cc2)Cc2cccc(O)c21. The zero-order valence-electron chi connectivity index (χ0n) is 20.6. The molecule has 0 amide bonds. The van der Waals surface area contributed by atoms with Crippen molar-refractivity contribution in [1.82, 2.24) is 0 Å². The van der Waals surface area contributed by atoms with Gasteiger partial charge in [0.15, 0.2) is 6.29 Å². The van der Waals surface area contributed by atoms with Gasteiger partial charge in [0.1, 0.15) is 59.3 Å².